The molecular weight excluding hydrogens is 743 g/mol. The van der Waals surface area contributed by atoms with E-state index >= 15 is 0 Å². The third-order valence-corrected chi connectivity index (χ3v) is 13.1. The van der Waals surface area contributed by atoms with Crippen LogP contribution >= 0.6 is 0 Å². The Bertz CT molecular complexity index is 3410. The van der Waals surface area contributed by atoms with Crippen LogP contribution in [0.2, 0.25) is 0 Å². The first-order valence-electron chi connectivity index (χ1n) is 21.7. The van der Waals surface area contributed by atoms with E-state index in [4.69, 9.17) is 8.83 Å². The summed E-state index contributed by atoms with van der Waals surface area (Å²) in [6, 6.07) is 70.5. The molecule has 0 radical (unpaired) electrons. The molecule has 0 unspecified atom stereocenters. The number of hydrogen-bond donors (Lipinski definition) is 0. The van der Waals surface area contributed by atoms with Crippen LogP contribution in [0.15, 0.2) is 203 Å². The van der Waals surface area contributed by atoms with Gasteiger partial charge in [0, 0.05) is 38.5 Å². The van der Waals surface area contributed by atoms with E-state index in [-0.39, 0.29) is 0 Å². The number of fused-ring (bicyclic) bond motifs is 7. The molecule has 1 aliphatic carbocycles. The minimum absolute atomic E-state index is 0.578. The number of furan rings is 2. The van der Waals surface area contributed by atoms with Crippen LogP contribution in [0, 0.1) is 0 Å². The number of nitrogens with zero attached hydrogens (tertiary/aromatic N) is 1. The molecule has 0 saturated heterocycles. The number of para-hydroxylation sites is 3. The predicted molar refractivity (Wildman–Crippen MR) is 255 cm³/mol. The van der Waals surface area contributed by atoms with Gasteiger partial charge in [-0.15, -0.1) is 0 Å². The van der Waals surface area contributed by atoms with Crippen molar-refractivity contribution in [2.45, 2.75) is 38.0 Å². The Labute approximate surface area is 355 Å². The summed E-state index contributed by atoms with van der Waals surface area (Å²) in [6.45, 7) is 0. The number of hydrogen-bond acceptors (Lipinski definition) is 3. The summed E-state index contributed by atoms with van der Waals surface area (Å²) in [5.74, 6) is 0.578. The van der Waals surface area contributed by atoms with E-state index < -0.39 is 0 Å². The topological polar surface area (TPSA) is 29.5 Å². The lowest BCUT2D eigenvalue weighted by Crippen LogP contribution is -2.11. The molecule has 61 heavy (non-hydrogen) atoms. The molecule has 1 saturated carbocycles. The highest BCUT2D eigenvalue weighted by atomic mass is 16.3. The van der Waals surface area contributed by atoms with Crippen LogP contribution in [0.4, 0.5) is 17.1 Å². The second-order valence-corrected chi connectivity index (χ2v) is 16.7. The second-order valence-electron chi connectivity index (χ2n) is 16.7. The predicted octanol–water partition coefficient (Wildman–Crippen LogP) is 17.2. The molecule has 0 atom stereocenters. The van der Waals surface area contributed by atoms with Crippen molar-refractivity contribution in [2.75, 3.05) is 4.90 Å². The summed E-state index contributed by atoms with van der Waals surface area (Å²) >= 11 is 0. The van der Waals surface area contributed by atoms with E-state index in [1.54, 1.807) is 0 Å². The van der Waals surface area contributed by atoms with Gasteiger partial charge < -0.3 is 13.7 Å². The minimum atomic E-state index is 0.578. The second kappa shape index (κ2) is 14.7. The van der Waals surface area contributed by atoms with Gasteiger partial charge in [0.05, 0.1) is 5.69 Å². The van der Waals surface area contributed by atoms with E-state index in [0.29, 0.717) is 5.92 Å². The van der Waals surface area contributed by atoms with Crippen LogP contribution in [-0.2, 0) is 0 Å². The van der Waals surface area contributed by atoms with E-state index in [2.05, 4.69) is 175 Å². The molecule has 9 aromatic carbocycles. The largest absolute Gasteiger partial charge is 0.456 e. The Kier molecular flexibility index (Phi) is 8.59. The van der Waals surface area contributed by atoms with Gasteiger partial charge in [0.1, 0.15) is 22.3 Å². The van der Waals surface area contributed by atoms with Crippen molar-refractivity contribution in [1.82, 2.24) is 0 Å². The summed E-state index contributed by atoms with van der Waals surface area (Å²) in [7, 11) is 0. The standard InChI is InChI=1S/C58H43NO2/c1-2-13-39(14-3-1)46-22-11-15-40-16-12-23-51(58(40)46)47-19-4-7-24-53(47)59(44-31-27-38(28-32-44)43-29-33-50-48-20-5-8-25-54(48)61-57(50)37-43)45-18-10-17-41(35-45)42-30-34-56-52(36-42)49-21-6-9-26-55(49)60-56/h4-12,15-37,39H,1-3,13-14H2. The Morgan fingerprint density at radius 1 is 0.377 bits per heavy atom. The maximum Gasteiger partial charge on any atom is 0.136 e. The van der Waals surface area contributed by atoms with Gasteiger partial charge in [0.25, 0.3) is 0 Å². The number of benzene rings is 9. The first-order valence-corrected chi connectivity index (χ1v) is 21.7. The summed E-state index contributed by atoms with van der Waals surface area (Å²) in [4.78, 5) is 2.44. The number of anilines is 3. The Balaban J connectivity index is 1.02. The smallest absolute Gasteiger partial charge is 0.136 e. The zero-order valence-corrected chi connectivity index (χ0v) is 33.9. The molecule has 11 aromatic rings. The fourth-order valence-electron chi connectivity index (χ4n) is 10.1. The molecule has 3 nitrogen and oxygen atoms in total. The third kappa shape index (κ3) is 6.19. The Morgan fingerprint density at radius 2 is 0.984 bits per heavy atom. The normalized spacial score (nSPS) is 13.5. The zero-order valence-electron chi connectivity index (χ0n) is 33.9. The van der Waals surface area contributed by atoms with E-state index in [1.165, 1.54) is 59.6 Å². The molecule has 3 heteroatoms. The van der Waals surface area contributed by atoms with Crippen molar-refractivity contribution in [3.05, 3.63) is 200 Å². The van der Waals surface area contributed by atoms with Crippen molar-refractivity contribution < 1.29 is 8.83 Å². The van der Waals surface area contributed by atoms with E-state index in [0.717, 1.165) is 83.2 Å². The lowest BCUT2D eigenvalue weighted by atomic mass is 9.80. The lowest BCUT2D eigenvalue weighted by Gasteiger charge is -2.29. The van der Waals surface area contributed by atoms with Crippen LogP contribution in [0.3, 0.4) is 0 Å². The Hall–Kier alpha value is -7.36. The lowest BCUT2D eigenvalue weighted by molar-refractivity contribution is 0.445. The van der Waals surface area contributed by atoms with Gasteiger partial charge in [-0.05, 0) is 130 Å². The van der Waals surface area contributed by atoms with Crippen molar-refractivity contribution in [2.24, 2.45) is 0 Å². The van der Waals surface area contributed by atoms with Crippen LogP contribution < -0.4 is 4.90 Å². The molecule has 1 aliphatic rings. The van der Waals surface area contributed by atoms with E-state index in [9.17, 15) is 0 Å². The summed E-state index contributed by atoms with van der Waals surface area (Å²) in [5, 5.41) is 7.23. The molecular formula is C58H43NO2. The van der Waals surface area contributed by atoms with Gasteiger partial charge in [-0.1, -0.05) is 147 Å². The highest BCUT2D eigenvalue weighted by Crippen LogP contribution is 2.47. The fraction of sp³-hybridized carbons (Fsp3) is 0.103. The van der Waals surface area contributed by atoms with Crippen LogP contribution in [0.25, 0.3) is 88.0 Å². The van der Waals surface area contributed by atoms with Crippen LogP contribution in [0.5, 0.6) is 0 Å². The van der Waals surface area contributed by atoms with Crippen molar-refractivity contribution in [3.63, 3.8) is 0 Å². The summed E-state index contributed by atoms with van der Waals surface area (Å²) < 4.78 is 12.5. The van der Waals surface area contributed by atoms with Crippen LogP contribution in [-0.4, -0.2) is 0 Å². The van der Waals surface area contributed by atoms with Gasteiger partial charge in [-0.2, -0.15) is 0 Å². The van der Waals surface area contributed by atoms with Crippen LogP contribution in [0.1, 0.15) is 43.6 Å². The van der Waals surface area contributed by atoms with Crippen molar-refractivity contribution in [1.29, 1.82) is 0 Å². The molecule has 2 aromatic heterocycles. The first-order chi connectivity index (χ1) is 30.2. The zero-order chi connectivity index (χ0) is 40.3. The highest BCUT2D eigenvalue weighted by Gasteiger charge is 2.23. The first kappa shape index (κ1) is 35.6. The van der Waals surface area contributed by atoms with Crippen molar-refractivity contribution >= 4 is 71.7 Å². The molecule has 12 rings (SSSR count). The molecule has 1 fully saturated rings. The third-order valence-electron chi connectivity index (χ3n) is 13.1. The molecule has 0 bridgehead atoms. The van der Waals surface area contributed by atoms with Crippen molar-refractivity contribution in [3.8, 4) is 33.4 Å². The van der Waals surface area contributed by atoms with Gasteiger partial charge >= 0.3 is 0 Å². The minimum Gasteiger partial charge on any atom is -0.456 e. The summed E-state index contributed by atoms with van der Waals surface area (Å²) in [6.07, 6.45) is 6.45. The fourth-order valence-corrected chi connectivity index (χ4v) is 10.1. The van der Waals surface area contributed by atoms with E-state index in [1.807, 2.05) is 24.3 Å². The quantitative estimate of drug-likeness (QED) is 0.161. The molecule has 0 spiro atoms. The average Bonchev–Trinajstić information content (AvgIpc) is 3.90. The average molecular weight is 786 g/mol. The SMILES string of the molecule is c1cc(-c2ccc3oc4ccccc4c3c2)cc(N(c2ccc(-c3ccc4c(c3)oc3ccccc34)cc2)c2ccccc2-c2cccc3cccc(C4CCCCC4)c23)c1. The Morgan fingerprint density at radius 3 is 1.82 bits per heavy atom. The van der Waals surface area contributed by atoms with Gasteiger partial charge in [0.2, 0.25) is 0 Å². The monoisotopic (exact) mass is 785 g/mol. The maximum absolute atomic E-state index is 6.30. The molecule has 0 amide bonds. The molecule has 0 aliphatic heterocycles. The molecule has 292 valence electrons. The molecule has 2 heterocycles. The van der Waals surface area contributed by atoms with Gasteiger partial charge in [-0.25, -0.2) is 0 Å². The number of rotatable bonds is 7. The highest BCUT2D eigenvalue weighted by molar-refractivity contribution is 6.08. The maximum atomic E-state index is 6.30. The summed E-state index contributed by atoms with van der Waals surface area (Å²) in [5.41, 5.74) is 15.5. The van der Waals surface area contributed by atoms with Gasteiger partial charge in [-0.3, -0.25) is 0 Å². The molecule has 0 N–H and O–H groups in total. The van der Waals surface area contributed by atoms with Gasteiger partial charge in [0.15, 0.2) is 0 Å².